The van der Waals surface area contributed by atoms with E-state index >= 15 is 0 Å². The van der Waals surface area contributed by atoms with Gasteiger partial charge in [0, 0.05) is 34.9 Å². The van der Waals surface area contributed by atoms with Gasteiger partial charge in [-0.1, -0.05) is 0 Å². The topological polar surface area (TPSA) is 60.3 Å². The van der Waals surface area contributed by atoms with Gasteiger partial charge in [0.15, 0.2) is 5.43 Å². The van der Waals surface area contributed by atoms with Gasteiger partial charge in [-0.05, 0) is 63.2 Å². The Labute approximate surface area is 152 Å². The summed E-state index contributed by atoms with van der Waals surface area (Å²) in [5, 5.41) is 3.40. The Balaban J connectivity index is 1.90. The number of fused-ring (bicyclic) bond motifs is 1. The van der Waals surface area contributed by atoms with Crippen LogP contribution in [0.25, 0.3) is 10.9 Å². The summed E-state index contributed by atoms with van der Waals surface area (Å²) in [6.07, 6.45) is 0. The molecule has 0 aliphatic rings. The zero-order valence-corrected chi connectivity index (χ0v) is 15.2. The lowest BCUT2D eigenvalue weighted by molar-refractivity contribution is 0.102. The first-order valence-corrected chi connectivity index (χ1v) is 8.72. The highest BCUT2D eigenvalue weighted by Gasteiger charge is 2.11. The number of amides is 1. The maximum atomic E-state index is 12.5. The van der Waals surface area contributed by atoms with Gasteiger partial charge >= 0.3 is 0 Å². The van der Waals surface area contributed by atoms with E-state index < -0.39 is 0 Å². The molecular weight excluding hydrogens is 328 g/mol. The first-order chi connectivity index (χ1) is 12.5. The van der Waals surface area contributed by atoms with Crippen LogP contribution in [0.1, 0.15) is 29.9 Å². The molecule has 1 aromatic heterocycles. The largest absolute Gasteiger partial charge is 0.494 e. The van der Waals surface area contributed by atoms with Crippen LogP contribution >= 0.6 is 0 Å². The van der Waals surface area contributed by atoms with Gasteiger partial charge < -0.3 is 14.6 Å². The van der Waals surface area contributed by atoms with Crippen molar-refractivity contribution in [3.63, 3.8) is 0 Å². The number of benzene rings is 2. The lowest BCUT2D eigenvalue weighted by atomic mass is 10.1. The SMILES string of the molecule is CCOc1ccc(NC(=O)c2ccc3c(c2)c(=O)cc(C)n3CC)cc1. The van der Waals surface area contributed by atoms with Gasteiger partial charge in [0.2, 0.25) is 0 Å². The molecular formula is C21H22N2O3. The molecule has 0 spiro atoms. The molecule has 0 saturated heterocycles. The molecule has 0 aliphatic heterocycles. The third-order valence-electron chi connectivity index (χ3n) is 4.32. The third kappa shape index (κ3) is 3.47. The van der Waals surface area contributed by atoms with Crippen molar-refractivity contribution in [3.05, 3.63) is 70.0 Å². The van der Waals surface area contributed by atoms with Gasteiger partial charge in [-0.15, -0.1) is 0 Å². The number of carbonyl (C=O) groups excluding carboxylic acids is 1. The number of ether oxygens (including phenoxy) is 1. The van der Waals surface area contributed by atoms with Crippen molar-refractivity contribution in [2.75, 3.05) is 11.9 Å². The van der Waals surface area contributed by atoms with E-state index in [9.17, 15) is 9.59 Å². The summed E-state index contributed by atoms with van der Waals surface area (Å²) in [6, 6.07) is 14.0. The quantitative estimate of drug-likeness (QED) is 0.757. The number of aryl methyl sites for hydroxylation is 2. The standard InChI is InChI=1S/C21H22N2O3/c1-4-23-14(3)12-20(24)18-13-15(6-11-19(18)23)21(25)22-16-7-9-17(10-8-16)26-5-2/h6-13H,4-5H2,1-3H3,(H,22,25). The Bertz CT molecular complexity index is 1000. The average Bonchev–Trinajstić information content (AvgIpc) is 2.63. The number of nitrogens with zero attached hydrogens (tertiary/aromatic N) is 1. The number of anilines is 1. The maximum absolute atomic E-state index is 12.5. The van der Waals surface area contributed by atoms with E-state index in [4.69, 9.17) is 4.74 Å². The minimum Gasteiger partial charge on any atom is -0.494 e. The van der Waals surface area contributed by atoms with Gasteiger partial charge in [0.05, 0.1) is 12.1 Å². The highest BCUT2D eigenvalue weighted by atomic mass is 16.5. The Hall–Kier alpha value is -3.08. The van der Waals surface area contributed by atoms with E-state index in [1.165, 1.54) is 0 Å². The zero-order valence-electron chi connectivity index (χ0n) is 15.2. The summed E-state index contributed by atoms with van der Waals surface area (Å²) >= 11 is 0. The summed E-state index contributed by atoms with van der Waals surface area (Å²) in [5.74, 6) is 0.505. The molecule has 26 heavy (non-hydrogen) atoms. The molecule has 0 unspecified atom stereocenters. The molecule has 134 valence electrons. The minimum absolute atomic E-state index is 0.0714. The lowest BCUT2D eigenvalue weighted by Gasteiger charge is -2.13. The first-order valence-electron chi connectivity index (χ1n) is 8.72. The third-order valence-corrected chi connectivity index (χ3v) is 4.32. The van der Waals surface area contributed by atoms with E-state index in [0.29, 0.717) is 23.2 Å². The summed E-state index contributed by atoms with van der Waals surface area (Å²) in [7, 11) is 0. The van der Waals surface area contributed by atoms with Crippen molar-refractivity contribution >= 4 is 22.5 Å². The molecule has 0 fully saturated rings. The number of hydrogen-bond donors (Lipinski definition) is 1. The fourth-order valence-corrected chi connectivity index (χ4v) is 3.07. The van der Waals surface area contributed by atoms with E-state index in [1.807, 2.05) is 39.0 Å². The van der Waals surface area contributed by atoms with Gasteiger partial charge in [0.1, 0.15) is 5.75 Å². The van der Waals surface area contributed by atoms with Crippen LogP contribution in [0.2, 0.25) is 0 Å². The van der Waals surface area contributed by atoms with Crippen molar-refractivity contribution in [2.24, 2.45) is 0 Å². The molecule has 5 nitrogen and oxygen atoms in total. The van der Waals surface area contributed by atoms with Crippen LogP contribution in [0.5, 0.6) is 5.75 Å². The Kier molecular flexibility index (Phi) is 5.07. The first kappa shape index (κ1) is 17.7. The van der Waals surface area contributed by atoms with Crippen molar-refractivity contribution in [1.82, 2.24) is 4.57 Å². The molecule has 0 saturated carbocycles. The van der Waals surface area contributed by atoms with Gasteiger partial charge in [-0.2, -0.15) is 0 Å². The molecule has 0 atom stereocenters. The van der Waals surface area contributed by atoms with Crippen LogP contribution in [-0.4, -0.2) is 17.1 Å². The summed E-state index contributed by atoms with van der Waals surface area (Å²) in [6.45, 7) is 7.22. The summed E-state index contributed by atoms with van der Waals surface area (Å²) in [5.41, 5.74) is 2.81. The molecule has 1 amide bonds. The molecule has 0 bridgehead atoms. The Morgan fingerprint density at radius 3 is 2.46 bits per heavy atom. The molecule has 3 aromatic rings. The molecule has 2 aromatic carbocycles. The molecule has 0 aliphatic carbocycles. The summed E-state index contributed by atoms with van der Waals surface area (Å²) in [4.78, 5) is 24.9. The van der Waals surface area contributed by atoms with Gasteiger partial charge in [0.25, 0.3) is 5.91 Å². The van der Waals surface area contributed by atoms with E-state index in [-0.39, 0.29) is 11.3 Å². The minimum atomic E-state index is -0.251. The number of rotatable bonds is 5. The van der Waals surface area contributed by atoms with Gasteiger partial charge in [-0.3, -0.25) is 9.59 Å². The van der Waals surface area contributed by atoms with Crippen molar-refractivity contribution < 1.29 is 9.53 Å². The van der Waals surface area contributed by atoms with E-state index in [1.54, 1.807) is 30.3 Å². The highest BCUT2D eigenvalue weighted by molar-refractivity contribution is 6.06. The fourth-order valence-electron chi connectivity index (χ4n) is 3.07. The lowest BCUT2D eigenvalue weighted by Crippen LogP contribution is -2.15. The smallest absolute Gasteiger partial charge is 0.255 e. The van der Waals surface area contributed by atoms with Crippen molar-refractivity contribution in [1.29, 1.82) is 0 Å². The maximum Gasteiger partial charge on any atom is 0.255 e. The van der Waals surface area contributed by atoms with Crippen LogP contribution in [0.4, 0.5) is 5.69 Å². The van der Waals surface area contributed by atoms with Gasteiger partial charge in [-0.25, -0.2) is 0 Å². The molecule has 3 rings (SSSR count). The van der Waals surface area contributed by atoms with E-state index in [0.717, 1.165) is 23.5 Å². The van der Waals surface area contributed by atoms with Crippen LogP contribution in [-0.2, 0) is 6.54 Å². The van der Waals surface area contributed by atoms with Crippen LogP contribution in [0.3, 0.4) is 0 Å². The molecule has 5 heteroatoms. The van der Waals surface area contributed by atoms with Crippen LogP contribution in [0, 0.1) is 6.92 Å². The molecule has 1 N–H and O–H groups in total. The molecule has 0 radical (unpaired) electrons. The number of aromatic nitrogens is 1. The molecule has 1 heterocycles. The normalized spacial score (nSPS) is 10.7. The zero-order chi connectivity index (χ0) is 18.7. The predicted octanol–water partition coefficient (Wildman–Crippen LogP) is 3.98. The Morgan fingerprint density at radius 2 is 1.81 bits per heavy atom. The second-order valence-corrected chi connectivity index (χ2v) is 6.04. The second-order valence-electron chi connectivity index (χ2n) is 6.04. The van der Waals surface area contributed by atoms with Crippen molar-refractivity contribution in [3.8, 4) is 5.75 Å². The monoisotopic (exact) mass is 350 g/mol. The average molecular weight is 350 g/mol. The fraction of sp³-hybridized carbons (Fsp3) is 0.238. The second kappa shape index (κ2) is 7.44. The highest BCUT2D eigenvalue weighted by Crippen LogP contribution is 2.19. The van der Waals surface area contributed by atoms with Crippen LogP contribution < -0.4 is 15.5 Å². The summed E-state index contributed by atoms with van der Waals surface area (Å²) < 4.78 is 7.45. The van der Waals surface area contributed by atoms with Crippen LogP contribution in [0.15, 0.2) is 53.3 Å². The number of hydrogen-bond acceptors (Lipinski definition) is 3. The van der Waals surface area contributed by atoms with Crippen molar-refractivity contribution in [2.45, 2.75) is 27.3 Å². The number of pyridine rings is 1. The Morgan fingerprint density at radius 1 is 1.08 bits per heavy atom. The number of nitrogens with one attached hydrogen (secondary N) is 1. The number of carbonyl (C=O) groups is 1. The van der Waals surface area contributed by atoms with E-state index in [2.05, 4.69) is 9.88 Å². The predicted molar refractivity (Wildman–Crippen MR) is 104 cm³/mol.